The highest BCUT2D eigenvalue weighted by Gasteiger charge is 2.41. The number of aromatic nitrogens is 2. The Hall–Kier alpha value is -2.18. The normalized spacial score (nSPS) is 24.3. The zero-order valence-electron chi connectivity index (χ0n) is 17.2. The molecule has 5 rings (SSSR count). The van der Waals surface area contributed by atoms with Crippen LogP contribution in [0.25, 0.3) is 11.3 Å². The van der Waals surface area contributed by atoms with Gasteiger partial charge in [-0.3, -0.25) is 14.7 Å². The largest absolute Gasteiger partial charge is 0.355 e. The Morgan fingerprint density at radius 3 is 2.27 bits per heavy atom. The molecule has 2 atom stereocenters. The summed E-state index contributed by atoms with van der Waals surface area (Å²) in [6, 6.07) is 7.67. The van der Waals surface area contributed by atoms with Crippen molar-refractivity contribution >= 4 is 23.3 Å². The number of hydrogen-bond acceptors (Lipinski definition) is 5. The second-order valence-corrected chi connectivity index (χ2v) is 9.26. The Bertz CT molecular complexity index is 867. The molecule has 1 aromatic heterocycles. The average Bonchev–Trinajstić information content (AvgIpc) is 3.34. The molecular weight excluding hydrogens is 398 g/mol. The van der Waals surface area contributed by atoms with E-state index in [1.54, 1.807) is 0 Å². The lowest BCUT2D eigenvalue weighted by molar-refractivity contribution is -0.133. The monoisotopic (exact) mass is 425 g/mol. The first-order valence-electron chi connectivity index (χ1n) is 11.0. The van der Waals surface area contributed by atoms with Crippen LogP contribution in [0.2, 0.25) is 5.02 Å². The molecule has 0 saturated carbocycles. The number of piperidine rings is 1. The van der Waals surface area contributed by atoms with Crippen molar-refractivity contribution in [3.8, 4) is 11.3 Å². The number of benzene rings is 1. The molecular formula is C23H28ClN5O. The van der Waals surface area contributed by atoms with Gasteiger partial charge < -0.3 is 9.80 Å². The van der Waals surface area contributed by atoms with Crippen LogP contribution in [-0.2, 0) is 4.79 Å². The van der Waals surface area contributed by atoms with Gasteiger partial charge in [-0.25, -0.2) is 4.98 Å². The SMILES string of the molecule is O=C(CN1CC2CN(c3cnc(-c4ccc(Cl)cc4)cn3)CC2C1)N1CCCCC1. The van der Waals surface area contributed by atoms with E-state index in [0.29, 0.717) is 24.3 Å². The summed E-state index contributed by atoms with van der Waals surface area (Å²) in [7, 11) is 0. The van der Waals surface area contributed by atoms with E-state index in [-0.39, 0.29) is 0 Å². The predicted octanol–water partition coefficient (Wildman–Crippen LogP) is 3.18. The zero-order chi connectivity index (χ0) is 20.5. The molecule has 0 bridgehead atoms. The van der Waals surface area contributed by atoms with Crippen LogP contribution in [0.5, 0.6) is 0 Å². The number of fused-ring (bicyclic) bond motifs is 1. The van der Waals surface area contributed by atoms with Gasteiger partial charge in [-0.2, -0.15) is 0 Å². The van der Waals surface area contributed by atoms with Crippen LogP contribution in [0.1, 0.15) is 19.3 Å². The summed E-state index contributed by atoms with van der Waals surface area (Å²) in [6.07, 6.45) is 7.30. The molecule has 1 aromatic carbocycles. The van der Waals surface area contributed by atoms with E-state index in [2.05, 4.69) is 24.7 Å². The van der Waals surface area contributed by atoms with Gasteiger partial charge in [-0.15, -0.1) is 0 Å². The Morgan fingerprint density at radius 2 is 1.63 bits per heavy atom. The molecule has 3 aliphatic heterocycles. The number of anilines is 1. The molecule has 1 amide bonds. The lowest BCUT2D eigenvalue weighted by Crippen LogP contribution is -2.42. The molecule has 30 heavy (non-hydrogen) atoms. The van der Waals surface area contributed by atoms with E-state index in [4.69, 9.17) is 11.6 Å². The highest BCUT2D eigenvalue weighted by molar-refractivity contribution is 6.30. The van der Waals surface area contributed by atoms with Crippen LogP contribution < -0.4 is 4.90 Å². The summed E-state index contributed by atoms with van der Waals surface area (Å²) in [4.78, 5) is 28.6. The van der Waals surface area contributed by atoms with E-state index in [1.807, 2.05) is 36.7 Å². The summed E-state index contributed by atoms with van der Waals surface area (Å²) in [5, 5.41) is 0.721. The molecule has 3 aliphatic rings. The molecule has 7 heteroatoms. The Morgan fingerprint density at radius 1 is 0.933 bits per heavy atom. The molecule has 158 valence electrons. The minimum Gasteiger partial charge on any atom is -0.355 e. The third-order valence-electron chi connectivity index (χ3n) is 6.73. The Labute approximate surface area is 182 Å². The van der Waals surface area contributed by atoms with Crippen LogP contribution in [0.15, 0.2) is 36.7 Å². The van der Waals surface area contributed by atoms with Gasteiger partial charge in [-0.1, -0.05) is 23.7 Å². The minimum atomic E-state index is 0.315. The molecule has 0 N–H and O–H groups in total. The number of carbonyl (C=O) groups excluding carboxylic acids is 1. The fourth-order valence-corrected chi connectivity index (χ4v) is 5.22. The molecule has 0 radical (unpaired) electrons. The third kappa shape index (κ3) is 4.16. The van der Waals surface area contributed by atoms with Crippen LogP contribution in [0, 0.1) is 11.8 Å². The summed E-state index contributed by atoms with van der Waals surface area (Å²) >= 11 is 5.97. The third-order valence-corrected chi connectivity index (χ3v) is 6.98. The number of amides is 1. The van der Waals surface area contributed by atoms with E-state index >= 15 is 0 Å². The number of likely N-dealkylation sites (tertiary alicyclic amines) is 2. The standard InChI is InChI=1S/C23H28ClN5O/c24-20-6-4-17(5-7-20)21-10-26-22(11-25-21)29-14-18-12-27(13-19(18)15-29)16-23(30)28-8-2-1-3-9-28/h4-7,10-11,18-19H,1-3,8-9,12-16H2. The van der Waals surface area contributed by atoms with Gasteiger partial charge in [0.25, 0.3) is 0 Å². The van der Waals surface area contributed by atoms with Gasteiger partial charge in [0.05, 0.1) is 24.6 Å². The zero-order valence-corrected chi connectivity index (χ0v) is 18.0. The Balaban J connectivity index is 1.16. The van der Waals surface area contributed by atoms with Gasteiger partial charge >= 0.3 is 0 Å². The van der Waals surface area contributed by atoms with Crippen LogP contribution >= 0.6 is 11.6 Å². The molecule has 6 nitrogen and oxygen atoms in total. The number of nitrogens with zero attached hydrogens (tertiary/aromatic N) is 5. The molecule has 2 aromatic rings. The number of halogens is 1. The second kappa shape index (κ2) is 8.52. The van der Waals surface area contributed by atoms with Gasteiger partial charge in [0.2, 0.25) is 5.91 Å². The van der Waals surface area contributed by atoms with Crippen molar-refractivity contribution in [3.63, 3.8) is 0 Å². The van der Waals surface area contributed by atoms with Crippen LogP contribution in [0.4, 0.5) is 5.82 Å². The molecule has 0 aliphatic carbocycles. The highest BCUT2D eigenvalue weighted by atomic mass is 35.5. The van der Waals surface area contributed by atoms with Crippen molar-refractivity contribution in [2.45, 2.75) is 19.3 Å². The lowest BCUT2D eigenvalue weighted by atomic mass is 10.0. The van der Waals surface area contributed by atoms with Crippen molar-refractivity contribution < 1.29 is 4.79 Å². The fraction of sp³-hybridized carbons (Fsp3) is 0.522. The average molecular weight is 426 g/mol. The topological polar surface area (TPSA) is 52.6 Å². The molecule has 0 spiro atoms. The van der Waals surface area contributed by atoms with Crippen molar-refractivity contribution in [2.24, 2.45) is 11.8 Å². The van der Waals surface area contributed by atoms with Crippen molar-refractivity contribution in [3.05, 3.63) is 41.7 Å². The van der Waals surface area contributed by atoms with Crippen molar-refractivity contribution in [1.29, 1.82) is 0 Å². The molecule has 2 unspecified atom stereocenters. The summed E-state index contributed by atoms with van der Waals surface area (Å²) in [6.45, 7) is 6.48. The maximum absolute atomic E-state index is 12.6. The first-order valence-corrected chi connectivity index (χ1v) is 11.4. The highest BCUT2D eigenvalue weighted by Crippen LogP contribution is 2.33. The quantitative estimate of drug-likeness (QED) is 0.753. The number of hydrogen-bond donors (Lipinski definition) is 0. The minimum absolute atomic E-state index is 0.315. The maximum atomic E-state index is 12.6. The molecule has 3 saturated heterocycles. The second-order valence-electron chi connectivity index (χ2n) is 8.83. The van der Waals surface area contributed by atoms with Crippen LogP contribution in [-0.4, -0.2) is 71.5 Å². The lowest BCUT2D eigenvalue weighted by Gasteiger charge is -2.29. The summed E-state index contributed by atoms with van der Waals surface area (Å²) in [5.41, 5.74) is 1.88. The van der Waals surface area contributed by atoms with Gasteiger partial charge in [0, 0.05) is 49.9 Å². The predicted molar refractivity (Wildman–Crippen MR) is 119 cm³/mol. The van der Waals surface area contributed by atoms with E-state index in [1.165, 1.54) is 6.42 Å². The van der Waals surface area contributed by atoms with Crippen molar-refractivity contribution in [1.82, 2.24) is 19.8 Å². The molecule has 4 heterocycles. The van der Waals surface area contributed by atoms with Crippen LogP contribution in [0.3, 0.4) is 0 Å². The first kappa shape index (κ1) is 19.8. The van der Waals surface area contributed by atoms with E-state index in [0.717, 1.165) is 74.2 Å². The van der Waals surface area contributed by atoms with Crippen molar-refractivity contribution in [2.75, 3.05) is 50.7 Å². The molecule has 3 fully saturated rings. The Kier molecular flexibility index (Phi) is 5.61. The van der Waals surface area contributed by atoms with Gasteiger partial charge in [0.1, 0.15) is 5.82 Å². The maximum Gasteiger partial charge on any atom is 0.236 e. The van der Waals surface area contributed by atoms with E-state index in [9.17, 15) is 4.79 Å². The smallest absolute Gasteiger partial charge is 0.236 e. The first-order chi connectivity index (χ1) is 14.7. The number of carbonyl (C=O) groups is 1. The fourth-order valence-electron chi connectivity index (χ4n) is 5.10. The summed E-state index contributed by atoms with van der Waals surface area (Å²) in [5.74, 6) is 2.47. The van der Waals surface area contributed by atoms with Gasteiger partial charge in [0.15, 0.2) is 0 Å². The number of rotatable bonds is 4. The van der Waals surface area contributed by atoms with E-state index < -0.39 is 0 Å². The summed E-state index contributed by atoms with van der Waals surface area (Å²) < 4.78 is 0. The van der Waals surface area contributed by atoms with Gasteiger partial charge in [-0.05, 0) is 43.2 Å².